The summed E-state index contributed by atoms with van der Waals surface area (Å²) in [4.78, 5) is 2.32. The quantitative estimate of drug-likeness (QED) is 0.839. The topological polar surface area (TPSA) is 57.7 Å². The van der Waals surface area contributed by atoms with Gasteiger partial charge in [0, 0.05) is 30.5 Å². The van der Waals surface area contributed by atoms with E-state index in [0.717, 1.165) is 34.6 Å². The van der Waals surface area contributed by atoms with Crippen molar-refractivity contribution in [2.75, 3.05) is 18.0 Å². The summed E-state index contributed by atoms with van der Waals surface area (Å²) in [5.74, 6) is 2.89. The molecule has 2 aliphatic rings. The SMILES string of the molecule is Cn1cnnc1C1[C@H]2CN(c3c(Br)cccc3C#N)C[C@@H]12. The van der Waals surface area contributed by atoms with Gasteiger partial charge >= 0.3 is 0 Å². The summed E-state index contributed by atoms with van der Waals surface area (Å²) < 4.78 is 3.02. The Hall–Kier alpha value is -1.87. The molecule has 1 unspecified atom stereocenters. The number of nitriles is 1. The van der Waals surface area contributed by atoms with E-state index in [0.29, 0.717) is 17.8 Å². The first kappa shape index (κ1) is 12.8. The van der Waals surface area contributed by atoms with Crippen LogP contribution >= 0.6 is 15.9 Å². The maximum Gasteiger partial charge on any atom is 0.136 e. The van der Waals surface area contributed by atoms with E-state index in [1.54, 1.807) is 6.33 Å². The molecule has 3 atom stereocenters. The average molecular weight is 344 g/mol. The van der Waals surface area contributed by atoms with Gasteiger partial charge in [-0.25, -0.2) is 0 Å². The van der Waals surface area contributed by atoms with Crippen molar-refractivity contribution in [2.24, 2.45) is 18.9 Å². The van der Waals surface area contributed by atoms with Gasteiger partial charge < -0.3 is 9.47 Å². The van der Waals surface area contributed by atoms with Crippen LogP contribution in [0.2, 0.25) is 0 Å². The molecule has 2 aromatic rings. The largest absolute Gasteiger partial charge is 0.369 e. The van der Waals surface area contributed by atoms with Gasteiger partial charge in [-0.05, 0) is 39.9 Å². The Morgan fingerprint density at radius 2 is 2.10 bits per heavy atom. The van der Waals surface area contributed by atoms with Gasteiger partial charge in [-0.1, -0.05) is 6.07 Å². The average Bonchev–Trinajstić information content (AvgIpc) is 2.84. The van der Waals surface area contributed by atoms with Gasteiger partial charge in [0.15, 0.2) is 0 Å². The van der Waals surface area contributed by atoms with E-state index in [9.17, 15) is 5.26 Å². The van der Waals surface area contributed by atoms with Gasteiger partial charge in [-0.2, -0.15) is 5.26 Å². The number of piperidine rings is 1. The van der Waals surface area contributed by atoms with Gasteiger partial charge in [-0.3, -0.25) is 0 Å². The molecule has 1 aliphatic heterocycles. The molecule has 106 valence electrons. The van der Waals surface area contributed by atoms with Crippen LogP contribution in [0, 0.1) is 23.2 Å². The second-order valence-corrected chi connectivity index (χ2v) is 6.66. The van der Waals surface area contributed by atoms with Crippen molar-refractivity contribution in [1.29, 1.82) is 5.26 Å². The molecule has 0 spiro atoms. The van der Waals surface area contributed by atoms with Gasteiger partial charge in [0.05, 0.1) is 11.3 Å². The lowest BCUT2D eigenvalue weighted by atomic mass is 10.1. The van der Waals surface area contributed by atoms with Crippen LogP contribution in [0.4, 0.5) is 5.69 Å². The predicted molar refractivity (Wildman–Crippen MR) is 81.8 cm³/mol. The maximum atomic E-state index is 9.30. The third kappa shape index (κ3) is 1.88. The van der Waals surface area contributed by atoms with Crippen molar-refractivity contribution in [3.8, 4) is 6.07 Å². The molecule has 1 aromatic carbocycles. The summed E-state index contributed by atoms with van der Waals surface area (Å²) in [6, 6.07) is 8.08. The molecule has 2 heterocycles. The van der Waals surface area contributed by atoms with Crippen LogP contribution in [0.3, 0.4) is 0 Å². The number of anilines is 1. The van der Waals surface area contributed by atoms with Gasteiger partial charge in [-0.15, -0.1) is 10.2 Å². The van der Waals surface area contributed by atoms with E-state index < -0.39 is 0 Å². The third-order valence-electron chi connectivity index (χ3n) is 4.66. The zero-order valence-electron chi connectivity index (χ0n) is 11.6. The molecule has 2 fully saturated rings. The Kier molecular flexibility index (Phi) is 2.79. The summed E-state index contributed by atoms with van der Waals surface area (Å²) >= 11 is 3.58. The number of aromatic nitrogens is 3. The molecule has 0 radical (unpaired) electrons. The van der Waals surface area contributed by atoms with Crippen molar-refractivity contribution in [3.63, 3.8) is 0 Å². The van der Waals surface area contributed by atoms with Crippen LogP contribution < -0.4 is 4.90 Å². The third-order valence-corrected chi connectivity index (χ3v) is 5.30. The zero-order chi connectivity index (χ0) is 14.6. The molecule has 6 heteroatoms. The highest BCUT2D eigenvalue weighted by molar-refractivity contribution is 9.10. The van der Waals surface area contributed by atoms with Crippen molar-refractivity contribution in [2.45, 2.75) is 5.92 Å². The molecular formula is C15H14BrN5. The van der Waals surface area contributed by atoms with Crippen molar-refractivity contribution in [1.82, 2.24) is 14.8 Å². The fraction of sp³-hybridized carbons (Fsp3) is 0.400. The first-order valence-electron chi connectivity index (χ1n) is 6.98. The van der Waals surface area contributed by atoms with E-state index in [1.165, 1.54) is 0 Å². The van der Waals surface area contributed by atoms with Crippen LogP contribution in [0.1, 0.15) is 17.3 Å². The van der Waals surface area contributed by atoms with Crippen molar-refractivity contribution in [3.05, 3.63) is 40.4 Å². The number of aryl methyl sites for hydroxylation is 1. The fourth-order valence-corrected chi connectivity index (χ4v) is 4.23. The number of rotatable bonds is 2. The Morgan fingerprint density at radius 3 is 2.71 bits per heavy atom. The minimum Gasteiger partial charge on any atom is -0.369 e. The van der Waals surface area contributed by atoms with Crippen LogP contribution in [-0.4, -0.2) is 27.9 Å². The van der Waals surface area contributed by atoms with E-state index in [-0.39, 0.29) is 0 Å². The Bertz CT molecular complexity index is 735. The number of nitrogens with zero attached hydrogens (tertiary/aromatic N) is 5. The number of hydrogen-bond donors (Lipinski definition) is 0. The van der Waals surface area contributed by atoms with Gasteiger partial charge in [0.1, 0.15) is 18.2 Å². The predicted octanol–water partition coefficient (Wildman–Crippen LogP) is 2.30. The van der Waals surface area contributed by atoms with Gasteiger partial charge in [0.2, 0.25) is 0 Å². The Balaban J connectivity index is 1.57. The molecule has 1 saturated heterocycles. The highest BCUT2D eigenvalue weighted by Gasteiger charge is 2.58. The molecular weight excluding hydrogens is 330 g/mol. The van der Waals surface area contributed by atoms with Crippen molar-refractivity contribution >= 4 is 21.6 Å². The highest BCUT2D eigenvalue weighted by Crippen LogP contribution is 2.58. The molecule has 5 nitrogen and oxygen atoms in total. The number of benzene rings is 1. The fourth-order valence-electron chi connectivity index (χ4n) is 3.61. The molecule has 4 rings (SSSR count). The molecule has 1 aromatic heterocycles. The standard InChI is InChI=1S/C15H14BrN5/c1-20-8-18-19-15(20)13-10-6-21(7-11(10)13)14-9(5-17)3-2-4-12(14)16/h2-4,8,10-11,13H,6-7H2,1H3/t10-,11+,13?. The summed E-state index contributed by atoms with van der Waals surface area (Å²) in [6.07, 6.45) is 1.77. The summed E-state index contributed by atoms with van der Waals surface area (Å²) in [7, 11) is 2.00. The van der Waals surface area contributed by atoms with E-state index in [2.05, 4.69) is 37.1 Å². The van der Waals surface area contributed by atoms with Crippen LogP contribution in [-0.2, 0) is 7.05 Å². The summed E-state index contributed by atoms with van der Waals surface area (Å²) in [6.45, 7) is 1.97. The molecule has 0 bridgehead atoms. The number of para-hydroxylation sites is 1. The van der Waals surface area contributed by atoms with E-state index in [1.807, 2.05) is 29.8 Å². The zero-order valence-corrected chi connectivity index (χ0v) is 13.2. The normalized spacial score (nSPS) is 26.5. The molecule has 0 amide bonds. The molecule has 0 N–H and O–H groups in total. The Morgan fingerprint density at radius 1 is 1.33 bits per heavy atom. The number of halogens is 1. The van der Waals surface area contributed by atoms with Crippen molar-refractivity contribution < 1.29 is 0 Å². The second-order valence-electron chi connectivity index (χ2n) is 5.81. The molecule has 21 heavy (non-hydrogen) atoms. The van der Waals surface area contributed by atoms with Crippen LogP contribution in [0.25, 0.3) is 0 Å². The smallest absolute Gasteiger partial charge is 0.136 e. The monoisotopic (exact) mass is 343 g/mol. The highest BCUT2D eigenvalue weighted by atomic mass is 79.9. The second kappa shape index (κ2) is 4.57. The van der Waals surface area contributed by atoms with Gasteiger partial charge in [0.25, 0.3) is 0 Å². The van der Waals surface area contributed by atoms with E-state index in [4.69, 9.17) is 0 Å². The summed E-state index contributed by atoms with van der Waals surface area (Å²) in [5.41, 5.74) is 1.77. The van der Waals surface area contributed by atoms with Crippen LogP contribution in [0.5, 0.6) is 0 Å². The Labute approximate surface area is 131 Å². The lowest BCUT2D eigenvalue weighted by Gasteiger charge is -2.24. The molecule has 1 aliphatic carbocycles. The first-order valence-corrected chi connectivity index (χ1v) is 7.77. The van der Waals surface area contributed by atoms with Crippen LogP contribution in [0.15, 0.2) is 29.0 Å². The summed E-state index contributed by atoms with van der Waals surface area (Å²) in [5, 5.41) is 17.5. The minimum atomic E-state index is 0.529. The van der Waals surface area contributed by atoms with E-state index >= 15 is 0 Å². The maximum absolute atomic E-state index is 9.30. The molecule has 1 saturated carbocycles. The first-order chi connectivity index (χ1) is 10.2. The lowest BCUT2D eigenvalue weighted by molar-refractivity contribution is 0.683. The minimum absolute atomic E-state index is 0.529. The number of hydrogen-bond acceptors (Lipinski definition) is 4. The number of fused-ring (bicyclic) bond motifs is 1. The lowest BCUT2D eigenvalue weighted by Crippen LogP contribution is -2.25.